The van der Waals surface area contributed by atoms with Gasteiger partial charge in [0.25, 0.3) is 0 Å². The van der Waals surface area contributed by atoms with Crippen LogP contribution in [0.4, 0.5) is 0 Å². The van der Waals surface area contributed by atoms with Gasteiger partial charge in [-0.05, 0) is 0 Å². The largest absolute Gasteiger partial charge is 0.865 e. The zero-order chi connectivity index (χ0) is 6.50. The van der Waals surface area contributed by atoms with E-state index in [9.17, 15) is 0 Å². The molecular formula is C4H15NOSi. The third-order valence-electron chi connectivity index (χ3n) is 0. The van der Waals surface area contributed by atoms with Gasteiger partial charge in [-0.2, -0.15) is 0 Å². The highest BCUT2D eigenvalue weighted by atomic mass is 28.2. The Morgan fingerprint density at radius 1 is 1.00 bits per heavy atom. The average Bonchev–Trinajstić information content (AvgIpc) is 1.36. The smallest absolute Gasteiger partial charge is 0.0675 e. The molecule has 0 aromatic rings. The molecule has 2 nitrogen and oxygen atoms in total. The van der Waals surface area contributed by atoms with Crippen molar-refractivity contribution in [2.45, 2.75) is 0 Å². The van der Waals surface area contributed by atoms with Crippen molar-refractivity contribution < 1.29 is 9.28 Å². The van der Waals surface area contributed by atoms with Gasteiger partial charge in [0.05, 0.1) is 28.2 Å². The van der Waals surface area contributed by atoms with Crippen LogP contribution in [0.5, 0.6) is 0 Å². The molecule has 0 bridgehead atoms. The summed E-state index contributed by atoms with van der Waals surface area (Å²) in [7, 11) is 8.56. The van der Waals surface area contributed by atoms with Crippen LogP contribution in [0.15, 0.2) is 0 Å². The van der Waals surface area contributed by atoms with Crippen molar-refractivity contribution in [3.63, 3.8) is 0 Å². The fraction of sp³-hybridized carbons (Fsp3) is 1.00. The van der Waals surface area contributed by atoms with E-state index >= 15 is 0 Å². The third kappa shape index (κ3) is 5610. The van der Waals surface area contributed by atoms with Crippen LogP contribution in [-0.4, -0.2) is 43.2 Å². The first-order valence-electron chi connectivity index (χ1n) is 2.20. The molecule has 0 unspecified atom stereocenters. The molecule has 0 amide bonds. The quantitative estimate of drug-likeness (QED) is 0.267. The Kier molecular flexibility index (Phi) is 6.26. The molecule has 0 rings (SSSR count). The topological polar surface area (TPSA) is 23.1 Å². The van der Waals surface area contributed by atoms with Crippen molar-refractivity contribution in [2.75, 3.05) is 28.2 Å². The Hall–Kier alpha value is 0.137. The summed E-state index contributed by atoms with van der Waals surface area (Å²) >= 11 is 0. The lowest BCUT2D eigenvalue weighted by Crippen LogP contribution is -2.27. The fourth-order valence-electron chi connectivity index (χ4n) is 0. The van der Waals surface area contributed by atoms with Gasteiger partial charge in [-0.1, -0.05) is 10.5 Å². The molecule has 0 radical (unpaired) electrons. The van der Waals surface area contributed by atoms with Gasteiger partial charge in [0.2, 0.25) is 0 Å². The number of rotatable bonds is 0. The maximum Gasteiger partial charge on any atom is 0.0675 e. The van der Waals surface area contributed by atoms with Crippen LogP contribution < -0.4 is 4.80 Å². The van der Waals surface area contributed by atoms with Gasteiger partial charge >= 0.3 is 0 Å². The Balaban J connectivity index is 0. The first-order valence-corrected chi connectivity index (χ1v) is 3.01. The van der Waals surface area contributed by atoms with Gasteiger partial charge < -0.3 is 9.28 Å². The Morgan fingerprint density at radius 3 is 1.00 bits per heavy atom. The summed E-state index contributed by atoms with van der Waals surface area (Å²) in [6.45, 7) is 0. The molecule has 0 aromatic carbocycles. The van der Waals surface area contributed by atoms with E-state index in [1.54, 1.807) is 0 Å². The predicted molar refractivity (Wildman–Crippen MR) is 33.9 cm³/mol. The van der Waals surface area contributed by atoms with Gasteiger partial charge in [-0.3, -0.25) is 0 Å². The van der Waals surface area contributed by atoms with Gasteiger partial charge in [0, 0.05) is 0 Å². The van der Waals surface area contributed by atoms with Crippen molar-refractivity contribution in [2.24, 2.45) is 0 Å². The molecule has 7 heavy (non-hydrogen) atoms. The molecule has 3 heteroatoms. The lowest BCUT2D eigenvalue weighted by atomic mass is 10.8. The minimum Gasteiger partial charge on any atom is -0.865 e. The van der Waals surface area contributed by atoms with E-state index in [2.05, 4.69) is 28.2 Å². The minimum atomic E-state index is 0.0556. The summed E-state index contributed by atoms with van der Waals surface area (Å²) < 4.78 is 1.00. The van der Waals surface area contributed by atoms with Crippen molar-refractivity contribution in [3.8, 4) is 0 Å². The predicted octanol–water partition coefficient (Wildman–Crippen LogP) is -2.05. The Bertz CT molecular complexity index is 27.2. The van der Waals surface area contributed by atoms with Crippen molar-refractivity contribution >= 4 is 10.5 Å². The lowest BCUT2D eigenvalue weighted by molar-refractivity contribution is -0.849. The molecule has 46 valence electrons. The van der Waals surface area contributed by atoms with Crippen molar-refractivity contribution in [1.29, 1.82) is 0 Å². The van der Waals surface area contributed by atoms with E-state index in [0.717, 1.165) is 4.48 Å². The zero-order valence-electron chi connectivity index (χ0n) is 5.86. The molecule has 0 saturated heterocycles. The highest BCUT2D eigenvalue weighted by Gasteiger charge is 1.88. The molecule has 0 N–H and O–H groups in total. The first kappa shape index (κ1) is 10.2. The van der Waals surface area contributed by atoms with Crippen LogP contribution in [0.25, 0.3) is 0 Å². The summed E-state index contributed by atoms with van der Waals surface area (Å²) in [5.41, 5.74) is 0. The van der Waals surface area contributed by atoms with Gasteiger partial charge in [0.1, 0.15) is 0 Å². The standard InChI is InChI=1S/C4H12N.H3OSi/c1-5(2,3)4;1-2/h1-4H3;2H3/q+1;-1. The summed E-state index contributed by atoms with van der Waals surface area (Å²) in [6, 6.07) is 0. The fourth-order valence-corrected chi connectivity index (χ4v) is 0. The van der Waals surface area contributed by atoms with E-state index < -0.39 is 0 Å². The molecular weight excluding hydrogens is 106 g/mol. The van der Waals surface area contributed by atoms with Crippen LogP contribution in [-0.2, 0) is 0 Å². The molecule has 0 heterocycles. The highest BCUT2D eigenvalue weighted by Crippen LogP contribution is 1.73. The second-order valence-corrected chi connectivity index (χ2v) is 2.68. The number of nitrogens with zero attached hydrogens (tertiary/aromatic N) is 1. The summed E-state index contributed by atoms with van der Waals surface area (Å²) in [5, 5.41) is 0. The number of hydrogen-bond donors (Lipinski definition) is 0. The summed E-state index contributed by atoms with van der Waals surface area (Å²) in [5.74, 6) is 0. The normalized spacial score (nSPS) is 9.86. The van der Waals surface area contributed by atoms with Crippen LogP contribution in [0, 0.1) is 0 Å². The Labute approximate surface area is 48.9 Å². The minimum absolute atomic E-state index is 0.0556. The van der Waals surface area contributed by atoms with E-state index in [4.69, 9.17) is 4.80 Å². The Morgan fingerprint density at radius 2 is 1.00 bits per heavy atom. The second kappa shape index (κ2) is 4.30. The molecule has 0 aliphatic rings. The molecule has 0 atom stereocenters. The monoisotopic (exact) mass is 121 g/mol. The van der Waals surface area contributed by atoms with Crippen LogP contribution in [0.2, 0.25) is 0 Å². The van der Waals surface area contributed by atoms with Gasteiger partial charge in [-0.15, -0.1) is 0 Å². The molecule has 0 fully saturated rings. The van der Waals surface area contributed by atoms with Crippen molar-refractivity contribution in [1.82, 2.24) is 0 Å². The molecule has 0 aliphatic heterocycles. The number of quaternary nitrogens is 1. The van der Waals surface area contributed by atoms with E-state index in [-0.39, 0.29) is 10.5 Å². The molecule has 0 saturated carbocycles. The zero-order valence-corrected chi connectivity index (χ0v) is 7.86. The SMILES string of the molecule is C[N+](C)(C)C.[O-][SiH3]. The molecule has 0 aliphatic carbocycles. The second-order valence-electron chi connectivity index (χ2n) is 2.68. The molecule has 0 spiro atoms. The third-order valence-corrected chi connectivity index (χ3v) is 0. The van der Waals surface area contributed by atoms with E-state index in [1.165, 1.54) is 0 Å². The van der Waals surface area contributed by atoms with Crippen LogP contribution in [0.1, 0.15) is 0 Å². The van der Waals surface area contributed by atoms with E-state index in [0.29, 0.717) is 0 Å². The first-order chi connectivity index (χ1) is 3.00. The maximum absolute atomic E-state index is 8.39. The van der Waals surface area contributed by atoms with Crippen LogP contribution >= 0.6 is 0 Å². The highest BCUT2D eigenvalue weighted by molar-refractivity contribution is 5.92. The average molecular weight is 121 g/mol. The maximum atomic E-state index is 8.39. The van der Waals surface area contributed by atoms with Crippen molar-refractivity contribution in [3.05, 3.63) is 0 Å². The van der Waals surface area contributed by atoms with E-state index in [1.807, 2.05) is 0 Å². The number of hydrogen-bond acceptors (Lipinski definition) is 1. The molecule has 0 aromatic heterocycles. The van der Waals surface area contributed by atoms with Gasteiger partial charge in [0.15, 0.2) is 0 Å². The van der Waals surface area contributed by atoms with Crippen LogP contribution in [0.3, 0.4) is 0 Å². The summed E-state index contributed by atoms with van der Waals surface area (Å²) in [6.07, 6.45) is 0. The summed E-state index contributed by atoms with van der Waals surface area (Å²) in [4.78, 5) is 8.39. The lowest BCUT2D eigenvalue weighted by Gasteiger charge is -2.14. The van der Waals surface area contributed by atoms with Gasteiger partial charge in [-0.25, -0.2) is 0 Å².